The van der Waals surface area contributed by atoms with Crippen LogP contribution in [0, 0.1) is 17.2 Å². The Hall–Kier alpha value is -1.50. The van der Waals surface area contributed by atoms with Crippen molar-refractivity contribution in [1.29, 1.82) is 0 Å². The van der Waals surface area contributed by atoms with E-state index in [4.69, 9.17) is 11.6 Å². The van der Waals surface area contributed by atoms with Crippen molar-refractivity contribution in [3.8, 4) is 0 Å². The van der Waals surface area contributed by atoms with Crippen LogP contribution < -0.4 is 0 Å². The summed E-state index contributed by atoms with van der Waals surface area (Å²) in [4.78, 5) is 21.1. The van der Waals surface area contributed by atoms with E-state index in [1.165, 1.54) is 6.07 Å². The Kier molecular flexibility index (Phi) is 5.23. The minimum absolute atomic E-state index is 0.125. The second-order valence-electron chi connectivity index (χ2n) is 7.77. The number of benzene rings is 1. The summed E-state index contributed by atoms with van der Waals surface area (Å²) in [6, 6.07) is 4.83. The largest absolute Gasteiger partial charge is 0.340 e. The molecular formula is C20H23ClFN3OS. The molecule has 1 saturated heterocycles. The molecule has 0 bridgehead atoms. The van der Waals surface area contributed by atoms with Crippen molar-refractivity contribution in [1.82, 2.24) is 14.8 Å². The number of rotatable bonds is 5. The maximum absolute atomic E-state index is 14.0. The fourth-order valence-electron chi connectivity index (χ4n) is 4.22. The van der Waals surface area contributed by atoms with Gasteiger partial charge in [0.05, 0.1) is 17.7 Å². The predicted octanol–water partition coefficient (Wildman–Crippen LogP) is 4.20. The van der Waals surface area contributed by atoms with Crippen molar-refractivity contribution in [2.75, 3.05) is 20.1 Å². The Balaban J connectivity index is 1.31. The lowest BCUT2D eigenvalue weighted by Crippen LogP contribution is -2.37. The fraction of sp³-hybridized carbons (Fsp3) is 0.500. The number of thiazole rings is 1. The molecule has 1 aliphatic heterocycles. The van der Waals surface area contributed by atoms with Gasteiger partial charge in [-0.3, -0.25) is 9.69 Å². The minimum atomic E-state index is -0.245. The first-order valence-corrected chi connectivity index (χ1v) is 10.6. The van der Waals surface area contributed by atoms with E-state index in [2.05, 4.69) is 9.88 Å². The van der Waals surface area contributed by atoms with Crippen LogP contribution in [-0.4, -0.2) is 40.8 Å². The van der Waals surface area contributed by atoms with Crippen LogP contribution in [0.15, 0.2) is 29.1 Å². The van der Waals surface area contributed by atoms with E-state index in [9.17, 15) is 9.18 Å². The molecule has 144 valence electrons. The molecule has 2 aliphatic rings. The Morgan fingerprint density at radius 3 is 2.89 bits per heavy atom. The number of hydrogen-bond acceptors (Lipinski definition) is 4. The molecule has 1 aromatic heterocycles. The normalized spacial score (nSPS) is 21.4. The Labute approximate surface area is 168 Å². The van der Waals surface area contributed by atoms with Crippen LogP contribution in [0.4, 0.5) is 4.39 Å². The molecule has 1 unspecified atom stereocenters. The first kappa shape index (κ1) is 18.8. The van der Waals surface area contributed by atoms with Crippen molar-refractivity contribution in [2.45, 2.75) is 32.4 Å². The van der Waals surface area contributed by atoms with Crippen LogP contribution in [0.3, 0.4) is 0 Å². The van der Waals surface area contributed by atoms with Gasteiger partial charge in [0.2, 0.25) is 5.91 Å². The lowest BCUT2D eigenvalue weighted by atomic mass is 9.90. The maximum Gasteiger partial charge on any atom is 0.226 e. The quantitative estimate of drug-likeness (QED) is 0.745. The van der Waals surface area contributed by atoms with Gasteiger partial charge in [-0.25, -0.2) is 9.37 Å². The van der Waals surface area contributed by atoms with E-state index in [0.29, 0.717) is 23.7 Å². The van der Waals surface area contributed by atoms with Gasteiger partial charge in [-0.15, -0.1) is 11.3 Å². The zero-order valence-electron chi connectivity index (χ0n) is 15.3. The lowest BCUT2D eigenvalue weighted by molar-refractivity contribution is -0.133. The number of aromatic nitrogens is 1. The number of halogens is 2. The van der Waals surface area contributed by atoms with Crippen molar-refractivity contribution >= 4 is 28.8 Å². The molecule has 27 heavy (non-hydrogen) atoms. The minimum Gasteiger partial charge on any atom is -0.340 e. The summed E-state index contributed by atoms with van der Waals surface area (Å²) >= 11 is 7.70. The van der Waals surface area contributed by atoms with Gasteiger partial charge in [0.25, 0.3) is 0 Å². The van der Waals surface area contributed by atoms with E-state index < -0.39 is 0 Å². The SMILES string of the molecule is CN(Cc1cscn1)C(=O)C1CC12CCN(Cc1c(F)cccc1Cl)CC2. The highest BCUT2D eigenvalue weighted by molar-refractivity contribution is 7.07. The van der Waals surface area contributed by atoms with Gasteiger partial charge >= 0.3 is 0 Å². The predicted molar refractivity (Wildman–Crippen MR) is 105 cm³/mol. The number of carbonyl (C=O) groups is 1. The Morgan fingerprint density at radius 2 is 2.22 bits per heavy atom. The van der Waals surface area contributed by atoms with Crippen molar-refractivity contribution in [3.63, 3.8) is 0 Å². The van der Waals surface area contributed by atoms with Gasteiger partial charge in [-0.2, -0.15) is 0 Å². The lowest BCUT2D eigenvalue weighted by Gasteiger charge is -2.33. The number of likely N-dealkylation sites (tertiary alicyclic amines) is 1. The summed E-state index contributed by atoms with van der Waals surface area (Å²) in [7, 11) is 1.86. The van der Waals surface area contributed by atoms with Gasteiger partial charge in [0.15, 0.2) is 0 Å². The molecule has 1 atom stereocenters. The van der Waals surface area contributed by atoms with Crippen LogP contribution in [0.2, 0.25) is 5.02 Å². The Morgan fingerprint density at radius 1 is 1.44 bits per heavy atom. The third-order valence-corrected chi connectivity index (χ3v) is 7.03. The molecule has 2 heterocycles. The number of nitrogens with zero attached hydrogens (tertiary/aromatic N) is 3. The van der Waals surface area contributed by atoms with Crippen molar-refractivity contribution < 1.29 is 9.18 Å². The second-order valence-corrected chi connectivity index (χ2v) is 8.90. The van der Waals surface area contributed by atoms with E-state index in [-0.39, 0.29) is 23.1 Å². The highest BCUT2D eigenvalue weighted by atomic mass is 35.5. The molecule has 1 saturated carbocycles. The molecule has 7 heteroatoms. The van der Waals surface area contributed by atoms with Gasteiger partial charge in [-0.05, 0) is 49.9 Å². The second kappa shape index (κ2) is 7.49. The monoisotopic (exact) mass is 407 g/mol. The summed E-state index contributed by atoms with van der Waals surface area (Å²) in [6.45, 7) is 2.87. The summed E-state index contributed by atoms with van der Waals surface area (Å²) in [5, 5.41) is 2.47. The van der Waals surface area contributed by atoms with Crippen LogP contribution >= 0.6 is 22.9 Å². The molecular weight excluding hydrogens is 385 g/mol. The van der Waals surface area contributed by atoms with Crippen LogP contribution in [0.25, 0.3) is 0 Å². The average Bonchev–Trinajstić information content (AvgIpc) is 3.09. The molecule has 4 nitrogen and oxygen atoms in total. The van der Waals surface area contributed by atoms with Crippen LogP contribution in [0.5, 0.6) is 0 Å². The molecule has 2 aromatic rings. The first-order valence-electron chi connectivity index (χ1n) is 9.26. The third-order valence-electron chi connectivity index (χ3n) is 6.04. The number of carbonyl (C=O) groups excluding carboxylic acids is 1. The van der Waals surface area contributed by atoms with Gasteiger partial charge in [0.1, 0.15) is 5.82 Å². The molecule has 4 rings (SSSR count). The van der Waals surface area contributed by atoms with E-state index in [1.54, 1.807) is 33.9 Å². The summed E-state index contributed by atoms with van der Waals surface area (Å²) in [5.74, 6) is 0.111. The number of hydrogen-bond donors (Lipinski definition) is 0. The summed E-state index contributed by atoms with van der Waals surface area (Å²) in [5.41, 5.74) is 3.45. The van der Waals surface area contributed by atoms with E-state index in [1.807, 2.05) is 12.4 Å². The summed E-state index contributed by atoms with van der Waals surface area (Å²) in [6.07, 6.45) is 2.95. The topological polar surface area (TPSA) is 36.4 Å². The van der Waals surface area contributed by atoms with Crippen LogP contribution in [0.1, 0.15) is 30.5 Å². The highest BCUT2D eigenvalue weighted by Crippen LogP contribution is 2.60. The van der Waals surface area contributed by atoms with Gasteiger partial charge < -0.3 is 4.90 Å². The summed E-state index contributed by atoms with van der Waals surface area (Å²) < 4.78 is 14.0. The third kappa shape index (κ3) is 3.89. The van der Waals surface area contributed by atoms with Crippen molar-refractivity contribution in [2.24, 2.45) is 11.3 Å². The van der Waals surface area contributed by atoms with Gasteiger partial charge in [-0.1, -0.05) is 17.7 Å². The van der Waals surface area contributed by atoms with Crippen LogP contribution in [-0.2, 0) is 17.9 Å². The molecule has 0 radical (unpaired) electrons. The molecule has 1 aromatic carbocycles. The molecule has 1 amide bonds. The molecule has 0 N–H and O–H groups in total. The first-order chi connectivity index (χ1) is 13.0. The maximum atomic E-state index is 14.0. The zero-order valence-corrected chi connectivity index (χ0v) is 16.9. The number of piperidine rings is 1. The average molecular weight is 408 g/mol. The molecule has 2 fully saturated rings. The van der Waals surface area contributed by atoms with Gasteiger partial charge in [0, 0.05) is 35.5 Å². The molecule has 1 spiro atoms. The van der Waals surface area contributed by atoms with E-state index in [0.717, 1.165) is 38.0 Å². The Bertz CT molecular complexity index is 800. The zero-order chi connectivity index (χ0) is 19.0. The standard InChI is InChI=1S/C20H23ClFN3OS/c1-24(10-14-12-27-13-23-14)19(26)16-9-20(16)5-7-25(8-6-20)11-15-17(21)3-2-4-18(15)22/h2-4,12-13,16H,5-11H2,1H3. The number of amides is 1. The molecule has 1 aliphatic carbocycles. The van der Waals surface area contributed by atoms with E-state index >= 15 is 0 Å². The smallest absolute Gasteiger partial charge is 0.226 e. The van der Waals surface area contributed by atoms with Crippen molar-refractivity contribution in [3.05, 3.63) is 51.2 Å². The fourth-order valence-corrected chi connectivity index (χ4v) is 4.99. The highest BCUT2D eigenvalue weighted by Gasteiger charge is 2.59.